The SMILES string of the molecule is O=C(CSc1cn(-c2ccccc2)c(=O)n1-c1ccccc1)Nc1ccc(Cl)cc1. The van der Waals surface area contributed by atoms with Gasteiger partial charge in [0, 0.05) is 16.9 Å². The van der Waals surface area contributed by atoms with Crippen molar-refractivity contribution in [2.75, 3.05) is 11.1 Å². The molecule has 30 heavy (non-hydrogen) atoms. The largest absolute Gasteiger partial charge is 0.338 e. The Hall–Kier alpha value is -3.22. The fraction of sp³-hybridized carbons (Fsp3) is 0.0435. The van der Waals surface area contributed by atoms with Gasteiger partial charge in [-0.2, -0.15) is 0 Å². The van der Waals surface area contributed by atoms with Crippen LogP contribution in [0.5, 0.6) is 0 Å². The number of carbonyl (C=O) groups excluding carboxylic acids is 1. The first kappa shape index (κ1) is 20.1. The number of thioether (sulfide) groups is 1. The van der Waals surface area contributed by atoms with Gasteiger partial charge >= 0.3 is 5.69 Å². The molecular weight excluding hydrogens is 418 g/mol. The summed E-state index contributed by atoms with van der Waals surface area (Å²) in [5.41, 5.74) is 2.00. The van der Waals surface area contributed by atoms with Crippen LogP contribution in [0.4, 0.5) is 5.69 Å². The molecule has 0 spiro atoms. The summed E-state index contributed by atoms with van der Waals surface area (Å²) >= 11 is 7.19. The molecule has 5 nitrogen and oxygen atoms in total. The van der Waals surface area contributed by atoms with Crippen LogP contribution >= 0.6 is 23.4 Å². The van der Waals surface area contributed by atoms with Crippen LogP contribution < -0.4 is 11.0 Å². The van der Waals surface area contributed by atoms with Gasteiger partial charge in [-0.1, -0.05) is 59.8 Å². The molecule has 0 aliphatic carbocycles. The summed E-state index contributed by atoms with van der Waals surface area (Å²) in [5.74, 6) is -0.00454. The van der Waals surface area contributed by atoms with Crippen molar-refractivity contribution in [1.82, 2.24) is 9.13 Å². The van der Waals surface area contributed by atoms with E-state index in [2.05, 4.69) is 5.32 Å². The molecule has 7 heteroatoms. The van der Waals surface area contributed by atoms with E-state index in [4.69, 9.17) is 11.6 Å². The van der Waals surface area contributed by atoms with Crippen LogP contribution in [0.1, 0.15) is 0 Å². The molecule has 0 unspecified atom stereocenters. The summed E-state index contributed by atoms with van der Waals surface area (Å²) < 4.78 is 3.21. The molecule has 0 aliphatic heterocycles. The van der Waals surface area contributed by atoms with Crippen molar-refractivity contribution in [2.45, 2.75) is 5.03 Å². The van der Waals surface area contributed by atoms with Crippen LogP contribution in [-0.4, -0.2) is 20.8 Å². The topological polar surface area (TPSA) is 56.0 Å². The van der Waals surface area contributed by atoms with E-state index >= 15 is 0 Å². The number of imidazole rings is 1. The van der Waals surface area contributed by atoms with E-state index in [-0.39, 0.29) is 17.3 Å². The lowest BCUT2D eigenvalue weighted by atomic mass is 10.3. The molecule has 4 aromatic rings. The number of aromatic nitrogens is 2. The average molecular weight is 436 g/mol. The highest BCUT2D eigenvalue weighted by Gasteiger charge is 2.16. The van der Waals surface area contributed by atoms with Gasteiger partial charge in [-0.05, 0) is 48.5 Å². The lowest BCUT2D eigenvalue weighted by Gasteiger charge is -2.07. The molecule has 0 saturated heterocycles. The average Bonchev–Trinajstić information content (AvgIpc) is 3.11. The molecule has 0 bridgehead atoms. The Balaban J connectivity index is 1.61. The maximum absolute atomic E-state index is 13.2. The van der Waals surface area contributed by atoms with E-state index in [0.29, 0.717) is 15.7 Å². The molecule has 1 aromatic heterocycles. The fourth-order valence-corrected chi connectivity index (χ4v) is 3.95. The van der Waals surface area contributed by atoms with Crippen molar-refractivity contribution < 1.29 is 4.79 Å². The highest BCUT2D eigenvalue weighted by molar-refractivity contribution is 7.99. The number of hydrogen-bond acceptors (Lipinski definition) is 3. The second-order valence-electron chi connectivity index (χ2n) is 6.47. The molecule has 1 N–H and O–H groups in total. The van der Waals surface area contributed by atoms with Gasteiger partial charge in [-0.25, -0.2) is 4.79 Å². The third-order valence-corrected chi connectivity index (χ3v) is 5.63. The molecule has 3 aromatic carbocycles. The van der Waals surface area contributed by atoms with Crippen molar-refractivity contribution >= 4 is 35.0 Å². The van der Waals surface area contributed by atoms with Gasteiger partial charge in [-0.3, -0.25) is 13.9 Å². The zero-order chi connectivity index (χ0) is 20.9. The Bertz CT molecular complexity index is 1200. The zero-order valence-electron chi connectivity index (χ0n) is 15.9. The molecule has 150 valence electrons. The summed E-state index contributed by atoms with van der Waals surface area (Å²) in [4.78, 5) is 25.6. The van der Waals surface area contributed by atoms with Crippen molar-refractivity contribution in [3.8, 4) is 11.4 Å². The van der Waals surface area contributed by atoms with Crippen LogP contribution in [0.15, 0.2) is 101 Å². The van der Waals surface area contributed by atoms with Crippen molar-refractivity contribution in [2.24, 2.45) is 0 Å². The van der Waals surface area contributed by atoms with E-state index in [9.17, 15) is 9.59 Å². The lowest BCUT2D eigenvalue weighted by Crippen LogP contribution is -2.22. The lowest BCUT2D eigenvalue weighted by molar-refractivity contribution is -0.113. The first-order chi connectivity index (χ1) is 14.6. The van der Waals surface area contributed by atoms with Gasteiger partial charge in [0.15, 0.2) is 0 Å². The molecule has 1 heterocycles. The molecule has 0 aliphatic rings. The number of anilines is 1. The van der Waals surface area contributed by atoms with Crippen molar-refractivity contribution in [3.63, 3.8) is 0 Å². The summed E-state index contributed by atoms with van der Waals surface area (Å²) in [6, 6.07) is 25.7. The van der Waals surface area contributed by atoms with E-state index in [1.165, 1.54) is 11.8 Å². The molecule has 1 amide bonds. The molecule has 0 saturated carbocycles. The Labute approximate surface area is 182 Å². The van der Waals surface area contributed by atoms with E-state index in [0.717, 1.165) is 11.4 Å². The number of carbonyl (C=O) groups is 1. The zero-order valence-corrected chi connectivity index (χ0v) is 17.4. The standard InChI is InChI=1S/C23H18ClN3O2S/c24-17-11-13-18(14-12-17)25-21(28)16-30-22-15-26(19-7-3-1-4-8-19)23(29)27(22)20-9-5-2-6-10-20/h1-15H,16H2,(H,25,28). The highest BCUT2D eigenvalue weighted by atomic mass is 35.5. The van der Waals surface area contributed by atoms with Crippen LogP contribution in [0.3, 0.4) is 0 Å². The molecule has 0 fully saturated rings. The first-order valence-electron chi connectivity index (χ1n) is 9.25. The number of rotatable bonds is 6. The number of nitrogens with zero attached hydrogens (tertiary/aromatic N) is 2. The summed E-state index contributed by atoms with van der Waals surface area (Å²) in [6.07, 6.45) is 1.77. The smallest absolute Gasteiger partial charge is 0.325 e. The van der Waals surface area contributed by atoms with Crippen molar-refractivity contribution in [3.05, 3.63) is 107 Å². The van der Waals surface area contributed by atoms with Gasteiger partial charge in [0.05, 0.1) is 17.1 Å². The van der Waals surface area contributed by atoms with Gasteiger partial charge in [0.25, 0.3) is 0 Å². The second-order valence-corrected chi connectivity index (χ2v) is 7.90. The van der Waals surface area contributed by atoms with Crippen molar-refractivity contribution in [1.29, 1.82) is 0 Å². The molecule has 0 radical (unpaired) electrons. The second kappa shape index (κ2) is 9.07. The van der Waals surface area contributed by atoms with Crippen LogP contribution in [0.25, 0.3) is 11.4 Å². The predicted molar refractivity (Wildman–Crippen MR) is 122 cm³/mol. The van der Waals surface area contributed by atoms with Crippen LogP contribution in [-0.2, 0) is 4.79 Å². The third-order valence-electron chi connectivity index (χ3n) is 4.39. The van der Waals surface area contributed by atoms with Crippen LogP contribution in [0, 0.1) is 0 Å². The first-order valence-corrected chi connectivity index (χ1v) is 10.6. The fourth-order valence-electron chi connectivity index (χ4n) is 2.99. The number of benzene rings is 3. The number of amides is 1. The maximum atomic E-state index is 13.2. The Morgan fingerprint density at radius 2 is 1.47 bits per heavy atom. The number of halogens is 1. The van der Waals surface area contributed by atoms with Gasteiger partial charge in [-0.15, -0.1) is 0 Å². The predicted octanol–water partition coefficient (Wildman–Crippen LogP) is 5.01. The minimum atomic E-state index is -0.187. The quantitative estimate of drug-likeness (QED) is 0.433. The Kier molecular flexibility index (Phi) is 6.07. The molecule has 0 atom stereocenters. The minimum absolute atomic E-state index is 0.160. The normalized spacial score (nSPS) is 10.7. The van der Waals surface area contributed by atoms with Crippen LogP contribution in [0.2, 0.25) is 5.02 Å². The summed E-state index contributed by atoms with van der Waals surface area (Å²) in [6.45, 7) is 0. The molecular formula is C23H18ClN3O2S. The highest BCUT2D eigenvalue weighted by Crippen LogP contribution is 2.23. The minimum Gasteiger partial charge on any atom is -0.325 e. The number of hydrogen-bond donors (Lipinski definition) is 1. The Morgan fingerprint density at radius 3 is 2.10 bits per heavy atom. The van der Waals surface area contributed by atoms with E-state index in [1.54, 1.807) is 39.6 Å². The third kappa shape index (κ3) is 4.50. The number of para-hydroxylation sites is 2. The van der Waals surface area contributed by atoms with E-state index < -0.39 is 0 Å². The summed E-state index contributed by atoms with van der Waals surface area (Å²) in [7, 11) is 0. The van der Waals surface area contributed by atoms with Gasteiger partial charge in [0.1, 0.15) is 5.03 Å². The van der Waals surface area contributed by atoms with E-state index in [1.807, 2.05) is 60.7 Å². The maximum Gasteiger partial charge on any atom is 0.338 e. The molecule has 4 rings (SSSR count). The van der Waals surface area contributed by atoms with Gasteiger partial charge in [0.2, 0.25) is 5.91 Å². The Morgan fingerprint density at radius 1 is 0.867 bits per heavy atom. The van der Waals surface area contributed by atoms with Gasteiger partial charge < -0.3 is 5.32 Å². The number of nitrogens with one attached hydrogen (secondary N) is 1. The monoisotopic (exact) mass is 435 g/mol. The summed E-state index contributed by atoms with van der Waals surface area (Å²) in [5, 5.41) is 4.13.